The van der Waals surface area contributed by atoms with E-state index in [0.29, 0.717) is 7.11 Å². The van der Waals surface area contributed by atoms with Crippen LogP contribution in [0.1, 0.15) is 0 Å². The highest BCUT2D eigenvalue weighted by Crippen LogP contribution is 2.42. The van der Waals surface area contributed by atoms with Gasteiger partial charge in [-0.25, -0.2) is 0 Å². The minimum Gasteiger partial charge on any atom is -0.271 e. The lowest BCUT2D eigenvalue weighted by molar-refractivity contribution is -0.165. The van der Waals surface area contributed by atoms with Crippen LogP contribution in [0.15, 0.2) is 0 Å². The van der Waals surface area contributed by atoms with Gasteiger partial charge in [-0.15, -0.1) is 0 Å². The molecule has 14 heavy (non-hydrogen) atoms. The van der Waals surface area contributed by atoms with Gasteiger partial charge in [0, 0.05) is 0 Å². The van der Waals surface area contributed by atoms with Crippen LogP contribution < -0.4 is 0 Å². The molecule has 10 heteroatoms. The molecule has 0 N–H and O–H groups in total. The second-order valence-corrected chi connectivity index (χ2v) is 4.63. The maximum Gasteiger partial charge on any atom is 0.434 e. The van der Waals surface area contributed by atoms with E-state index in [1.54, 1.807) is 0 Å². The fraction of sp³-hybridized carbons (Fsp3) is 0.750. The van der Waals surface area contributed by atoms with Crippen molar-refractivity contribution in [3.63, 3.8) is 0 Å². The van der Waals surface area contributed by atoms with Crippen LogP contribution in [0, 0.1) is 0 Å². The molecule has 0 saturated carbocycles. The smallest absolute Gasteiger partial charge is 0.271 e. The third kappa shape index (κ3) is 1.84. The number of hydrogen-bond donors (Lipinski definition) is 0. The van der Waals surface area contributed by atoms with Gasteiger partial charge in [-0.1, -0.05) is 11.6 Å². The van der Waals surface area contributed by atoms with Crippen molar-refractivity contribution in [1.82, 2.24) is 0 Å². The Morgan fingerprint density at radius 2 is 1.71 bits per heavy atom. The standard InChI is InChI=1S/C4H3ClF4O4S/c1-13-14(11,12)3(5,2(6)10)4(7,8)9/h1H3. The molecular weight excluding hydrogens is 256 g/mol. The van der Waals surface area contributed by atoms with Crippen LogP contribution in [0.25, 0.3) is 0 Å². The molecule has 0 aromatic carbocycles. The van der Waals surface area contributed by atoms with Crippen LogP contribution in [0.2, 0.25) is 0 Å². The molecule has 0 rings (SSSR count). The van der Waals surface area contributed by atoms with Gasteiger partial charge in [0.15, 0.2) is 0 Å². The van der Waals surface area contributed by atoms with E-state index in [1.165, 1.54) is 0 Å². The second-order valence-electron chi connectivity index (χ2n) is 1.99. The van der Waals surface area contributed by atoms with Gasteiger partial charge in [0.2, 0.25) is 0 Å². The average molecular weight is 259 g/mol. The Kier molecular flexibility index (Phi) is 3.52. The van der Waals surface area contributed by atoms with E-state index in [0.717, 1.165) is 0 Å². The SMILES string of the molecule is COS(=O)(=O)C(Cl)(C(=O)F)C(F)(F)F. The predicted octanol–water partition coefficient (Wildman–Crippen LogP) is 0.956. The van der Waals surface area contributed by atoms with E-state index in [9.17, 15) is 30.8 Å². The summed E-state index contributed by atoms with van der Waals surface area (Å²) in [6.07, 6.45) is -5.81. The Balaban J connectivity index is 5.71. The first-order valence-corrected chi connectivity index (χ1v) is 4.55. The summed E-state index contributed by atoms with van der Waals surface area (Å²) >= 11 is 4.38. The Labute approximate surface area is 80.9 Å². The minimum absolute atomic E-state index is 0.321. The van der Waals surface area contributed by atoms with E-state index in [4.69, 9.17) is 0 Å². The van der Waals surface area contributed by atoms with Gasteiger partial charge in [0.1, 0.15) is 0 Å². The summed E-state index contributed by atoms with van der Waals surface area (Å²) in [5.41, 5.74) is 0. The quantitative estimate of drug-likeness (QED) is 0.327. The largest absolute Gasteiger partial charge is 0.434 e. The molecule has 0 aliphatic rings. The van der Waals surface area contributed by atoms with Crippen molar-refractivity contribution < 1.29 is 35.0 Å². The Morgan fingerprint density at radius 3 is 1.79 bits per heavy atom. The molecule has 0 aliphatic carbocycles. The summed E-state index contributed by atoms with van der Waals surface area (Å²) in [5, 5.41) is 0. The summed E-state index contributed by atoms with van der Waals surface area (Å²) in [6.45, 7) is 0. The van der Waals surface area contributed by atoms with Crippen molar-refractivity contribution in [3.05, 3.63) is 0 Å². The van der Waals surface area contributed by atoms with E-state index < -0.39 is 26.5 Å². The fourth-order valence-electron chi connectivity index (χ4n) is 0.466. The topological polar surface area (TPSA) is 60.4 Å². The van der Waals surface area contributed by atoms with Gasteiger partial charge in [-0.05, 0) is 0 Å². The Hall–Kier alpha value is -0.410. The van der Waals surface area contributed by atoms with E-state index in [2.05, 4.69) is 15.8 Å². The molecule has 0 bridgehead atoms. The lowest BCUT2D eigenvalue weighted by Crippen LogP contribution is -2.52. The third-order valence-corrected chi connectivity index (χ3v) is 3.63. The second kappa shape index (κ2) is 3.63. The maximum absolute atomic E-state index is 12.0. The first kappa shape index (κ1) is 13.6. The summed E-state index contributed by atoms with van der Waals surface area (Å²) in [6, 6.07) is -3.27. The molecule has 0 radical (unpaired) electrons. The molecule has 84 valence electrons. The monoisotopic (exact) mass is 258 g/mol. The minimum atomic E-state index is -5.81. The van der Waals surface area contributed by atoms with Crippen LogP contribution in [0.5, 0.6) is 0 Å². The van der Waals surface area contributed by atoms with Crippen LogP contribution in [0.3, 0.4) is 0 Å². The number of carbonyl (C=O) groups is 1. The van der Waals surface area contributed by atoms with E-state index >= 15 is 0 Å². The fourth-order valence-corrected chi connectivity index (χ4v) is 1.36. The highest BCUT2D eigenvalue weighted by atomic mass is 35.5. The predicted molar refractivity (Wildman–Crippen MR) is 36.7 cm³/mol. The molecule has 1 atom stereocenters. The average Bonchev–Trinajstić information content (AvgIpc) is 2.00. The molecule has 0 heterocycles. The Morgan fingerprint density at radius 1 is 1.36 bits per heavy atom. The van der Waals surface area contributed by atoms with Crippen molar-refractivity contribution in [2.75, 3.05) is 7.11 Å². The molecule has 0 amide bonds. The van der Waals surface area contributed by atoms with E-state index in [1.807, 2.05) is 0 Å². The summed E-state index contributed by atoms with van der Waals surface area (Å²) in [4.78, 5) is 9.94. The highest BCUT2D eigenvalue weighted by molar-refractivity contribution is 7.90. The third-order valence-electron chi connectivity index (χ3n) is 1.18. The van der Waals surface area contributed by atoms with E-state index in [-0.39, 0.29) is 0 Å². The molecular formula is C4H3ClF4O4S. The summed E-state index contributed by atoms with van der Waals surface area (Å²) < 4.78 is 67.7. The van der Waals surface area contributed by atoms with Gasteiger partial charge in [0.25, 0.3) is 0 Å². The zero-order valence-electron chi connectivity index (χ0n) is 6.43. The van der Waals surface area contributed by atoms with Crippen molar-refractivity contribution >= 4 is 27.8 Å². The zero-order chi connectivity index (χ0) is 11.8. The highest BCUT2D eigenvalue weighted by Gasteiger charge is 2.70. The molecule has 0 saturated heterocycles. The van der Waals surface area contributed by atoms with Crippen LogP contribution >= 0.6 is 11.6 Å². The number of rotatable bonds is 3. The number of alkyl halides is 4. The maximum atomic E-state index is 12.0. The van der Waals surface area contributed by atoms with Crippen LogP contribution in [-0.2, 0) is 19.1 Å². The van der Waals surface area contributed by atoms with Crippen molar-refractivity contribution in [2.24, 2.45) is 0 Å². The van der Waals surface area contributed by atoms with Crippen molar-refractivity contribution in [1.29, 1.82) is 0 Å². The molecule has 0 aromatic rings. The molecule has 1 unspecified atom stereocenters. The number of carbonyl (C=O) groups excluding carboxylic acids is 1. The summed E-state index contributed by atoms with van der Waals surface area (Å²) in [7, 11) is -5.28. The first-order valence-electron chi connectivity index (χ1n) is 2.76. The van der Waals surface area contributed by atoms with Crippen molar-refractivity contribution in [2.45, 2.75) is 10.4 Å². The van der Waals surface area contributed by atoms with Gasteiger partial charge < -0.3 is 0 Å². The number of hydrogen-bond acceptors (Lipinski definition) is 4. The van der Waals surface area contributed by atoms with Crippen LogP contribution in [-0.4, -0.2) is 31.9 Å². The molecule has 4 nitrogen and oxygen atoms in total. The van der Waals surface area contributed by atoms with Gasteiger partial charge in [0.05, 0.1) is 7.11 Å². The van der Waals surface area contributed by atoms with Gasteiger partial charge in [-0.2, -0.15) is 26.0 Å². The normalized spacial score (nSPS) is 17.6. The zero-order valence-corrected chi connectivity index (χ0v) is 8.00. The molecule has 0 aliphatic heterocycles. The Bertz CT molecular complexity index is 336. The lowest BCUT2D eigenvalue weighted by atomic mass is 10.4. The molecule has 0 spiro atoms. The lowest BCUT2D eigenvalue weighted by Gasteiger charge is -2.22. The van der Waals surface area contributed by atoms with Crippen LogP contribution in [0.4, 0.5) is 17.6 Å². The molecule has 0 aromatic heterocycles. The van der Waals surface area contributed by atoms with Gasteiger partial charge >= 0.3 is 26.5 Å². The summed E-state index contributed by atoms with van der Waals surface area (Å²) in [5.74, 6) is 0. The van der Waals surface area contributed by atoms with Gasteiger partial charge in [-0.3, -0.25) is 8.98 Å². The number of halogens is 5. The van der Waals surface area contributed by atoms with Crippen molar-refractivity contribution in [3.8, 4) is 0 Å². The molecule has 0 fully saturated rings. The first-order chi connectivity index (χ1) is 6.00.